The van der Waals surface area contributed by atoms with Gasteiger partial charge in [0.05, 0.1) is 10.0 Å². The van der Waals surface area contributed by atoms with E-state index >= 15 is 0 Å². The quantitative estimate of drug-likeness (QED) is 0.661. The molecule has 2 heterocycles. The molecule has 3 N–H and O–H groups in total. The second-order valence-electron chi connectivity index (χ2n) is 3.41. The van der Waals surface area contributed by atoms with E-state index in [1.54, 1.807) is 0 Å². The van der Waals surface area contributed by atoms with Crippen molar-refractivity contribution < 1.29 is 13.2 Å². The van der Waals surface area contributed by atoms with Gasteiger partial charge in [0.15, 0.2) is 17.3 Å². The molecule has 2 aromatic rings. The number of nitrogens with two attached hydrogens (primary N) is 1. The van der Waals surface area contributed by atoms with Crippen LogP contribution in [0.4, 0.5) is 19.0 Å². The van der Waals surface area contributed by atoms with Crippen LogP contribution in [0, 0.1) is 0 Å². The van der Waals surface area contributed by atoms with Crippen molar-refractivity contribution in [2.45, 2.75) is 6.18 Å². The van der Waals surface area contributed by atoms with Crippen molar-refractivity contribution in [3.63, 3.8) is 0 Å². The molecule has 0 radical (unpaired) electrons. The summed E-state index contributed by atoms with van der Waals surface area (Å²) in [5.74, 6) is 5.23. The molecule has 0 saturated carbocycles. The van der Waals surface area contributed by atoms with E-state index in [9.17, 15) is 13.2 Å². The van der Waals surface area contributed by atoms with E-state index in [0.717, 1.165) is 16.9 Å². The lowest BCUT2D eigenvalue weighted by atomic mass is 10.4. The molecule has 0 amide bonds. The Morgan fingerprint density at radius 1 is 1.26 bits per heavy atom. The molecule has 2 rings (SSSR count). The Bertz CT molecular complexity index is 610. The van der Waals surface area contributed by atoms with Gasteiger partial charge in [0, 0.05) is 6.20 Å². The molecule has 0 aromatic carbocycles. The van der Waals surface area contributed by atoms with Crippen molar-refractivity contribution >= 4 is 29.0 Å². The van der Waals surface area contributed by atoms with Crippen molar-refractivity contribution in [3.8, 4) is 5.82 Å². The molecule has 0 spiro atoms. The van der Waals surface area contributed by atoms with Gasteiger partial charge in [0.2, 0.25) is 0 Å². The summed E-state index contributed by atoms with van der Waals surface area (Å²) in [6, 6.07) is 2.11. The van der Waals surface area contributed by atoms with Crippen molar-refractivity contribution in [2.75, 3.05) is 5.43 Å². The van der Waals surface area contributed by atoms with E-state index in [1.165, 1.54) is 6.07 Å². The molecule has 10 heteroatoms. The normalized spacial score (nSPS) is 11.7. The number of nitrogen functional groups attached to an aromatic ring is 1. The van der Waals surface area contributed by atoms with Gasteiger partial charge in [-0.05, 0) is 12.1 Å². The Balaban J connectivity index is 2.50. The first-order valence-corrected chi connectivity index (χ1v) is 5.54. The first-order valence-electron chi connectivity index (χ1n) is 4.79. The highest BCUT2D eigenvalue weighted by Gasteiger charge is 2.33. The monoisotopic (exact) mass is 311 g/mol. The molecule has 0 aliphatic carbocycles. The second kappa shape index (κ2) is 4.87. The van der Waals surface area contributed by atoms with Crippen LogP contribution in [0.15, 0.2) is 18.3 Å². The van der Waals surface area contributed by atoms with Gasteiger partial charge in [-0.25, -0.2) is 15.5 Å². The number of anilines is 1. The van der Waals surface area contributed by atoms with E-state index in [1.807, 2.05) is 0 Å². The van der Waals surface area contributed by atoms with Crippen molar-refractivity contribution in [1.82, 2.24) is 14.8 Å². The Morgan fingerprint density at radius 3 is 2.47 bits per heavy atom. The Kier molecular flexibility index (Phi) is 3.57. The number of hydrazine groups is 1. The Labute approximate surface area is 115 Å². The Hall–Kier alpha value is -1.51. The number of hydrogen-bond donors (Lipinski definition) is 2. The summed E-state index contributed by atoms with van der Waals surface area (Å²) in [7, 11) is 0. The van der Waals surface area contributed by atoms with E-state index in [-0.39, 0.29) is 21.7 Å². The van der Waals surface area contributed by atoms with Gasteiger partial charge in [0.25, 0.3) is 0 Å². The molecule has 5 nitrogen and oxygen atoms in total. The average molecular weight is 312 g/mol. The number of rotatable bonds is 2. The zero-order valence-electron chi connectivity index (χ0n) is 9.04. The number of pyridine rings is 1. The predicted octanol–water partition coefficient (Wildman–Crippen LogP) is 2.88. The van der Waals surface area contributed by atoms with Crippen LogP contribution in [0.3, 0.4) is 0 Å². The maximum Gasteiger partial charge on any atom is 0.435 e. The van der Waals surface area contributed by atoms with Gasteiger partial charge in [0.1, 0.15) is 0 Å². The number of hydrogen-bond acceptors (Lipinski definition) is 4. The van der Waals surface area contributed by atoms with Gasteiger partial charge in [-0.2, -0.15) is 18.3 Å². The van der Waals surface area contributed by atoms with Crippen LogP contribution < -0.4 is 11.3 Å². The van der Waals surface area contributed by atoms with Gasteiger partial charge in [-0.1, -0.05) is 23.2 Å². The maximum absolute atomic E-state index is 12.4. The summed E-state index contributed by atoms with van der Waals surface area (Å²) in [5, 5.41) is 3.53. The molecule has 19 heavy (non-hydrogen) atoms. The molecule has 0 unspecified atom stereocenters. The maximum atomic E-state index is 12.4. The van der Waals surface area contributed by atoms with Gasteiger partial charge >= 0.3 is 6.18 Å². The fourth-order valence-electron chi connectivity index (χ4n) is 1.31. The summed E-state index contributed by atoms with van der Waals surface area (Å²) in [6.45, 7) is 0. The molecule has 0 aliphatic heterocycles. The minimum atomic E-state index is -4.54. The van der Waals surface area contributed by atoms with E-state index in [0.29, 0.717) is 0 Å². The van der Waals surface area contributed by atoms with Gasteiger partial charge in [-0.3, -0.25) is 0 Å². The highest BCUT2D eigenvalue weighted by Crippen LogP contribution is 2.30. The van der Waals surface area contributed by atoms with Crippen LogP contribution in [-0.2, 0) is 6.18 Å². The summed E-state index contributed by atoms with van der Waals surface area (Å²) in [4.78, 5) is 3.89. The lowest BCUT2D eigenvalue weighted by molar-refractivity contribution is -0.141. The second-order valence-corrected chi connectivity index (χ2v) is 4.23. The van der Waals surface area contributed by atoms with Gasteiger partial charge < -0.3 is 5.43 Å². The highest BCUT2D eigenvalue weighted by molar-refractivity contribution is 6.36. The predicted molar refractivity (Wildman–Crippen MR) is 64.2 cm³/mol. The molecule has 0 aliphatic rings. The minimum absolute atomic E-state index is 0.0190. The van der Waals surface area contributed by atoms with Crippen LogP contribution in [0.2, 0.25) is 10.0 Å². The lowest BCUT2D eigenvalue weighted by Gasteiger charge is -2.08. The third kappa shape index (κ3) is 2.75. The average Bonchev–Trinajstić information content (AvgIpc) is 2.78. The van der Waals surface area contributed by atoms with Crippen molar-refractivity contribution in [3.05, 3.63) is 34.1 Å². The number of nitrogens with zero attached hydrogens (tertiary/aromatic N) is 3. The number of halogens is 5. The smallest absolute Gasteiger partial charge is 0.307 e. The molecular weight excluding hydrogens is 306 g/mol. The summed E-state index contributed by atoms with van der Waals surface area (Å²) >= 11 is 11.6. The van der Waals surface area contributed by atoms with Crippen LogP contribution in [0.1, 0.15) is 5.69 Å². The fourth-order valence-corrected chi connectivity index (χ4v) is 1.81. The van der Waals surface area contributed by atoms with E-state index in [2.05, 4.69) is 15.5 Å². The lowest BCUT2D eigenvalue weighted by Crippen LogP contribution is -2.12. The van der Waals surface area contributed by atoms with Crippen molar-refractivity contribution in [1.29, 1.82) is 0 Å². The van der Waals surface area contributed by atoms with Crippen LogP contribution in [-0.4, -0.2) is 14.8 Å². The van der Waals surface area contributed by atoms with E-state index < -0.39 is 11.9 Å². The molecular formula is C9H6Cl2F3N5. The van der Waals surface area contributed by atoms with Crippen LogP contribution in [0.5, 0.6) is 0 Å². The van der Waals surface area contributed by atoms with Crippen LogP contribution >= 0.6 is 23.2 Å². The van der Waals surface area contributed by atoms with Crippen molar-refractivity contribution in [2.24, 2.45) is 5.84 Å². The SMILES string of the molecule is NNc1nc(-n2ccc(C(F)(F)F)n2)c(Cl)cc1Cl. The highest BCUT2D eigenvalue weighted by atomic mass is 35.5. The molecule has 102 valence electrons. The first kappa shape index (κ1) is 13.9. The van der Waals surface area contributed by atoms with Crippen LogP contribution in [0.25, 0.3) is 5.82 Å². The topological polar surface area (TPSA) is 68.8 Å². The molecule has 0 bridgehead atoms. The number of aromatic nitrogens is 3. The summed E-state index contributed by atoms with van der Waals surface area (Å²) in [6.07, 6.45) is -3.45. The number of alkyl halides is 3. The standard InChI is InChI=1S/C9H6Cl2F3N5/c10-4-3-5(11)8(16-7(4)17-15)19-2-1-6(18-19)9(12,13)14/h1-3H,15H2,(H,16,17). The zero-order valence-corrected chi connectivity index (χ0v) is 10.6. The largest absolute Gasteiger partial charge is 0.435 e. The minimum Gasteiger partial charge on any atom is -0.307 e. The third-order valence-electron chi connectivity index (χ3n) is 2.14. The Morgan fingerprint density at radius 2 is 1.95 bits per heavy atom. The zero-order chi connectivity index (χ0) is 14.2. The third-order valence-corrected chi connectivity index (χ3v) is 2.71. The summed E-state index contributed by atoms with van der Waals surface area (Å²) in [5.41, 5.74) is 1.15. The first-order chi connectivity index (χ1) is 8.82. The fraction of sp³-hybridized carbons (Fsp3) is 0.111. The number of nitrogens with one attached hydrogen (secondary N) is 1. The molecule has 2 aromatic heterocycles. The molecule has 0 fully saturated rings. The molecule has 0 atom stereocenters. The summed E-state index contributed by atoms with van der Waals surface area (Å²) < 4.78 is 38.2. The van der Waals surface area contributed by atoms with E-state index in [4.69, 9.17) is 29.0 Å². The molecule has 0 saturated heterocycles. The van der Waals surface area contributed by atoms with Gasteiger partial charge in [-0.15, -0.1) is 0 Å².